The molecule has 2 atom stereocenters. The van der Waals surface area contributed by atoms with Crippen LogP contribution in [0.5, 0.6) is 0 Å². The van der Waals surface area contributed by atoms with Gasteiger partial charge in [0.2, 0.25) is 5.91 Å². The molecule has 0 radical (unpaired) electrons. The van der Waals surface area contributed by atoms with Gasteiger partial charge in [0.05, 0.1) is 11.3 Å². The van der Waals surface area contributed by atoms with Gasteiger partial charge < -0.3 is 9.47 Å². The number of hydrogen-bond acceptors (Lipinski definition) is 4. The van der Waals surface area contributed by atoms with Gasteiger partial charge in [0.15, 0.2) is 11.0 Å². The van der Waals surface area contributed by atoms with Crippen molar-refractivity contribution in [3.8, 4) is 11.4 Å². The van der Waals surface area contributed by atoms with Crippen LogP contribution in [0.15, 0.2) is 29.4 Å². The maximum absolute atomic E-state index is 14.3. The Hall–Kier alpha value is -1.89. The fraction of sp³-hybridized carbons (Fsp3) is 0.571. The van der Waals surface area contributed by atoms with Gasteiger partial charge in [0.1, 0.15) is 5.82 Å². The Labute approximate surface area is 170 Å². The summed E-state index contributed by atoms with van der Waals surface area (Å²) in [4.78, 5) is 14.7. The number of halogens is 1. The molecule has 152 valence electrons. The third-order valence-corrected chi connectivity index (χ3v) is 5.88. The zero-order valence-corrected chi connectivity index (χ0v) is 17.9. The summed E-state index contributed by atoms with van der Waals surface area (Å²) in [6, 6.07) is 6.60. The third-order valence-electron chi connectivity index (χ3n) is 4.93. The quantitative estimate of drug-likeness (QED) is 0.672. The Bertz CT molecular complexity index is 812. The smallest absolute Gasteiger partial charge is 0.233 e. The number of aromatic nitrogens is 3. The molecular weight excluding hydrogens is 375 g/mol. The summed E-state index contributed by atoms with van der Waals surface area (Å²) in [6.45, 7) is 10.9. The highest BCUT2D eigenvalue weighted by molar-refractivity contribution is 7.99. The molecule has 1 aromatic carbocycles. The molecule has 28 heavy (non-hydrogen) atoms. The summed E-state index contributed by atoms with van der Waals surface area (Å²) in [5, 5.41) is 9.18. The Morgan fingerprint density at radius 2 is 1.89 bits per heavy atom. The van der Waals surface area contributed by atoms with Crippen molar-refractivity contribution in [1.82, 2.24) is 19.7 Å². The van der Waals surface area contributed by atoms with Crippen LogP contribution < -0.4 is 0 Å². The number of benzene rings is 1. The second-order valence-corrected chi connectivity index (χ2v) is 9.27. The minimum absolute atomic E-state index is 0.134. The molecule has 0 spiro atoms. The molecule has 1 fully saturated rings. The first-order chi connectivity index (χ1) is 13.3. The monoisotopic (exact) mass is 404 g/mol. The van der Waals surface area contributed by atoms with Gasteiger partial charge in [0.25, 0.3) is 0 Å². The normalized spacial score (nSPS) is 20.0. The summed E-state index contributed by atoms with van der Waals surface area (Å²) in [5.74, 6) is 2.08. The van der Waals surface area contributed by atoms with Crippen LogP contribution in [0.1, 0.15) is 34.1 Å². The topological polar surface area (TPSA) is 51.0 Å². The van der Waals surface area contributed by atoms with E-state index < -0.39 is 0 Å². The number of carbonyl (C=O) groups is 1. The highest BCUT2D eigenvalue weighted by Gasteiger charge is 2.26. The molecule has 2 aromatic rings. The van der Waals surface area contributed by atoms with E-state index in [1.807, 2.05) is 9.47 Å². The molecule has 0 bridgehead atoms. The van der Waals surface area contributed by atoms with E-state index in [2.05, 4.69) is 37.9 Å². The summed E-state index contributed by atoms with van der Waals surface area (Å²) >= 11 is 1.39. The van der Waals surface area contributed by atoms with Crippen LogP contribution in [0, 0.1) is 23.6 Å². The molecule has 3 rings (SSSR count). The van der Waals surface area contributed by atoms with E-state index in [1.54, 1.807) is 18.2 Å². The number of amides is 1. The average molecular weight is 405 g/mol. The second-order valence-electron chi connectivity index (χ2n) is 8.32. The first-order valence-electron chi connectivity index (χ1n) is 9.93. The first kappa shape index (κ1) is 20.8. The molecule has 0 N–H and O–H groups in total. The summed E-state index contributed by atoms with van der Waals surface area (Å²) in [6.07, 6.45) is 1.17. The molecule has 1 aromatic heterocycles. The molecule has 2 heterocycles. The summed E-state index contributed by atoms with van der Waals surface area (Å²) in [5.41, 5.74) is 0.438. The zero-order chi connectivity index (χ0) is 20.3. The van der Waals surface area contributed by atoms with Gasteiger partial charge in [-0.3, -0.25) is 4.79 Å². The lowest BCUT2D eigenvalue weighted by Crippen LogP contribution is -2.43. The molecule has 1 amide bonds. The highest BCUT2D eigenvalue weighted by atomic mass is 32.2. The van der Waals surface area contributed by atoms with Gasteiger partial charge >= 0.3 is 0 Å². The largest absolute Gasteiger partial charge is 0.341 e. The van der Waals surface area contributed by atoms with Crippen molar-refractivity contribution in [2.24, 2.45) is 17.8 Å². The number of carbonyl (C=O) groups excluding carboxylic acids is 1. The fourth-order valence-corrected chi connectivity index (χ4v) is 4.70. The molecule has 1 saturated heterocycles. The van der Waals surface area contributed by atoms with Crippen LogP contribution in [-0.2, 0) is 11.3 Å². The van der Waals surface area contributed by atoms with Crippen molar-refractivity contribution < 1.29 is 9.18 Å². The Morgan fingerprint density at radius 1 is 1.21 bits per heavy atom. The predicted octanol–water partition coefficient (Wildman–Crippen LogP) is 4.34. The lowest BCUT2D eigenvalue weighted by Gasteiger charge is -2.35. The van der Waals surface area contributed by atoms with Crippen molar-refractivity contribution in [3.63, 3.8) is 0 Å². The predicted molar refractivity (Wildman–Crippen MR) is 111 cm³/mol. The van der Waals surface area contributed by atoms with E-state index in [1.165, 1.54) is 24.2 Å². The van der Waals surface area contributed by atoms with Gasteiger partial charge in [-0.05, 0) is 36.3 Å². The van der Waals surface area contributed by atoms with E-state index in [-0.39, 0.29) is 11.7 Å². The van der Waals surface area contributed by atoms with E-state index in [9.17, 15) is 9.18 Å². The van der Waals surface area contributed by atoms with Crippen LogP contribution in [0.3, 0.4) is 0 Å². The molecular formula is C21H29FN4OS. The minimum Gasteiger partial charge on any atom is -0.341 e. The van der Waals surface area contributed by atoms with Gasteiger partial charge in [-0.15, -0.1) is 10.2 Å². The van der Waals surface area contributed by atoms with Crippen LogP contribution in [0.2, 0.25) is 0 Å². The molecule has 0 saturated carbocycles. The molecule has 5 nitrogen and oxygen atoms in total. The van der Waals surface area contributed by atoms with E-state index in [0.717, 1.165) is 13.1 Å². The fourth-order valence-electron chi connectivity index (χ4n) is 3.85. The lowest BCUT2D eigenvalue weighted by atomic mass is 9.92. The van der Waals surface area contributed by atoms with E-state index >= 15 is 0 Å². The SMILES string of the molecule is CC(C)Cn1c(SCC(=O)N2CC(C)CC(C)C2)nnc1-c1ccccc1F. The van der Waals surface area contributed by atoms with Gasteiger partial charge in [-0.25, -0.2) is 4.39 Å². The van der Waals surface area contributed by atoms with Crippen molar-refractivity contribution in [2.45, 2.75) is 45.8 Å². The molecule has 1 aliphatic heterocycles. The summed E-state index contributed by atoms with van der Waals surface area (Å²) in [7, 11) is 0. The summed E-state index contributed by atoms with van der Waals surface area (Å²) < 4.78 is 16.2. The van der Waals surface area contributed by atoms with E-state index in [4.69, 9.17) is 0 Å². The maximum atomic E-state index is 14.3. The van der Waals surface area contributed by atoms with Crippen LogP contribution in [-0.4, -0.2) is 44.4 Å². The van der Waals surface area contributed by atoms with Crippen LogP contribution in [0.25, 0.3) is 11.4 Å². The third kappa shape index (κ3) is 4.93. The van der Waals surface area contributed by atoms with Gasteiger partial charge in [0, 0.05) is 19.6 Å². The van der Waals surface area contributed by atoms with E-state index in [0.29, 0.717) is 46.6 Å². The lowest BCUT2D eigenvalue weighted by molar-refractivity contribution is -0.130. The van der Waals surface area contributed by atoms with Crippen LogP contribution in [0.4, 0.5) is 4.39 Å². The number of rotatable bonds is 6. The molecule has 7 heteroatoms. The first-order valence-corrected chi connectivity index (χ1v) is 10.9. The number of thioether (sulfide) groups is 1. The zero-order valence-electron chi connectivity index (χ0n) is 17.1. The Kier molecular flexibility index (Phi) is 6.75. The standard InChI is InChI=1S/C21H29FN4OS/c1-14(2)10-26-20(17-7-5-6-8-18(17)22)23-24-21(26)28-13-19(27)25-11-15(3)9-16(4)12-25/h5-8,14-16H,9-13H2,1-4H3. The molecule has 0 aliphatic carbocycles. The van der Waals surface area contributed by atoms with Crippen LogP contribution >= 0.6 is 11.8 Å². The minimum atomic E-state index is -0.316. The van der Waals surface area contributed by atoms with Crippen molar-refractivity contribution in [3.05, 3.63) is 30.1 Å². The number of nitrogens with zero attached hydrogens (tertiary/aromatic N) is 4. The molecule has 1 aliphatic rings. The number of piperidine rings is 1. The van der Waals surface area contributed by atoms with Crippen molar-refractivity contribution in [2.75, 3.05) is 18.8 Å². The average Bonchev–Trinajstić information content (AvgIpc) is 3.01. The highest BCUT2D eigenvalue weighted by Crippen LogP contribution is 2.28. The number of hydrogen-bond donors (Lipinski definition) is 0. The van der Waals surface area contributed by atoms with Gasteiger partial charge in [-0.1, -0.05) is 51.6 Å². The number of likely N-dealkylation sites (tertiary alicyclic amines) is 1. The molecule has 2 unspecified atom stereocenters. The van der Waals surface area contributed by atoms with Crippen molar-refractivity contribution in [1.29, 1.82) is 0 Å². The second kappa shape index (κ2) is 9.07. The maximum Gasteiger partial charge on any atom is 0.233 e. The van der Waals surface area contributed by atoms with Crippen molar-refractivity contribution >= 4 is 17.7 Å². The van der Waals surface area contributed by atoms with Gasteiger partial charge in [-0.2, -0.15) is 0 Å². The Balaban J connectivity index is 1.77. The Morgan fingerprint density at radius 3 is 2.54 bits per heavy atom.